The van der Waals surface area contributed by atoms with Gasteiger partial charge in [-0.05, 0) is 66.8 Å². The predicted molar refractivity (Wildman–Crippen MR) is 151 cm³/mol. The van der Waals surface area contributed by atoms with Crippen LogP contribution in [0.1, 0.15) is 87.2 Å². The van der Waals surface area contributed by atoms with Gasteiger partial charge in [0.2, 0.25) is 11.8 Å². The molecule has 4 aromatic rings. The van der Waals surface area contributed by atoms with Crippen LogP contribution in [0.15, 0.2) is 84.9 Å². The molecule has 2 aromatic carbocycles. The van der Waals surface area contributed by atoms with E-state index in [2.05, 4.69) is 66.7 Å². The molecule has 0 bridgehead atoms. The van der Waals surface area contributed by atoms with Crippen LogP contribution >= 0.6 is 0 Å². The van der Waals surface area contributed by atoms with E-state index in [-0.39, 0.29) is 0 Å². The molecule has 2 aliphatic carbocycles. The highest BCUT2D eigenvalue weighted by molar-refractivity contribution is 5.62. The predicted octanol–water partition coefficient (Wildman–Crippen LogP) is 9.70. The second-order valence-corrected chi connectivity index (χ2v) is 10.7. The van der Waals surface area contributed by atoms with Gasteiger partial charge in [0, 0.05) is 23.3 Å². The van der Waals surface area contributed by atoms with Crippen molar-refractivity contribution < 1.29 is 4.74 Å². The summed E-state index contributed by atoms with van der Waals surface area (Å²) in [5, 5.41) is 0. The molecule has 2 heterocycles. The highest BCUT2D eigenvalue weighted by Crippen LogP contribution is 2.37. The Hall–Kier alpha value is -3.46. The normalized spacial score (nSPS) is 17.0. The summed E-state index contributed by atoms with van der Waals surface area (Å²) in [7, 11) is 0. The maximum Gasteiger partial charge on any atom is 0.222 e. The zero-order valence-corrected chi connectivity index (χ0v) is 21.6. The van der Waals surface area contributed by atoms with Crippen LogP contribution < -0.4 is 4.74 Å². The van der Waals surface area contributed by atoms with E-state index in [1.807, 2.05) is 18.2 Å². The van der Waals surface area contributed by atoms with Crippen molar-refractivity contribution in [3.05, 3.63) is 96.1 Å². The molecule has 0 spiro atoms. The van der Waals surface area contributed by atoms with Crippen molar-refractivity contribution in [1.29, 1.82) is 0 Å². The molecule has 0 radical (unpaired) electrons. The van der Waals surface area contributed by atoms with E-state index in [0.717, 1.165) is 22.5 Å². The molecule has 0 N–H and O–H groups in total. The number of ether oxygens (including phenoxy) is 1. The molecule has 6 rings (SSSR count). The summed E-state index contributed by atoms with van der Waals surface area (Å²) in [5.74, 6) is 2.47. The van der Waals surface area contributed by atoms with Gasteiger partial charge in [-0.15, -0.1) is 0 Å². The van der Waals surface area contributed by atoms with Gasteiger partial charge in [-0.2, -0.15) is 0 Å². The van der Waals surface area contributed by atoms with Crippen LogP contribution in [0, 0.1) is 0 Å². The molecular formula is C34H36N2O. The molecule has 2 aromatic heterocycles. The maximum atomic E-state index is 6.36. The molecular weight excluding hydrogens is 452 g/mol. The lowest BCUT2D eigenvalue weighted by molar-refractivity contribution is 0.430. The molecule has 2 fully saturated rings. The second-order valence-electron chi connectivity index (χ2n) is 10.7. The van der Waals surface area contributed by atoms with Crippen molar-refractivity contribution >= 4 is 0 Å². The van der Waals surface area contributed by atoms with Gasteiger partial charge in [0.05, 0.1) is 11.4 Å². The van der Waals surface area contributed by atoms with Gasteiger partial charge in [0.1, 0.15) is 0 Å². The van der Waals surface area contributed by atoms with E-state index in [0.29, 0.717) is 23.6 Å². The number of benzene rings is 2. The van der Waals surface area contributed by atoms with Gasteiger partial charge in [0.25, 0.3) is 0 Å². The fourth-order valence-corrected chi connectivity index (χ4v) is 6.13. The van der Waals surface area contributed by atoms with E-state index in [9.17, 15) is 0 Å². The third-order valence-electron chi connectivity index (χ3n) is 8.16. The number of rotatable bonds is 6. The van der Waals surface area contributed by atoms with E-state index in [1.54, 1.807) is 0 Å². The third kappa shape index (κ3) is 5.77. The molecule has 0 saturated heterocycles. The first-order chi connectivity index (χ1) is 18.3. The first-order valence-electron chi connectivity index (χ1n) is 14.1. The Morgan fingerprint density at radius 1 is 0.486 bits per heavy atom. The zero-order valence-electron chi connectivity index (χ0n) is 21.6. The molecule has 37 heavy (non-hydrogen) atoms. The summed E-state index contributed by atoms with van der Waals surface area (Å²) in [6, 6.07) is 29.8. The van der Waals surface area contributed by atoms with E-state index in [4.69, 9.17) is 14.7 Å². The fourth-order valence-electron chi connectivity index (χ4n) is 6.13. The third-order valence-corrected chi connectivity index (χ3v) is 8.16. The van der Waals surface area contributed by atoms with Gasteiger partial charge in [-0.25, -0.2) is 9.97 Å². The van der Waals surface area contributed by atoms with Crippen molar-refractivity contribution in [2.45, 2.75) is 76.0 Å². The van der Waals surface area contributed by atoms with Crippen molar-refractivity contribution in [3.63, 3.8) is 0 Å². The fraction of sp³-hybridized carbons (Fsp3) is 0.353. The average Bonchev–Trinajstić information content (AvgIpc) is 2.99. The molecule has 0 amide bonds. The Morgan fingerprint density at radius 2 is 1.14 bits per heavy atom. The van der Waals surface area contributed by atoms with Crippen LogP contribution in [0.5, 0.6) is 11.8 Å². The zero-order chi connectivity index (χ0) is 24.9. The van der Waals surface area contributed by atoms with Crippen molar-refractivity contribution in [2.24, 2.45) is 0 Å². The molecule has 3 nitrogen and oxygen atoms in total. The summed E-state index contributed by atoms with van der Waals surface area (Å²) in [6.07, 6.45) is 13.1. The summed E-state index contributed by atoms with van der Waals surface area (Å²) in [4.78, 5) is 9.82. The van der Waals surface area contributed by atoms with Crippen LogP contribution in [-0.2, 0) is 0 Å². The van der Waals surface area contributed by atoms with Crippen LogP contribution in [0.2, 0.25) is 0 Å². The summed E-state index contributed by atoms with van der Waals surface area (Å²) < 4.78 is 6.36. The lowest BCUT2D eigenvalue weighted by atomic mass is 9.83. The Balaban J connectivity index is 1.29. The van der Waals surface area contributed by atoms with Crippen LogP contribution in [0.3, 0.4) is 0 Å². The Labute approximate surface area is 221 Å². The molecule has 0 aliphatic heterocycles. The van der Waals surface area contributed by atoms with Gasteiger partial charge >= 0.3 is 0 Å². The quantitative estimate of drug-likeness (QED) is 0.271. The monoisotopic (exact) mass is 488 g/mol. The van der Waals surface area contributed by atoms with E-state index < -0.39 is 0 Å². The topological polar surface area (TPSA) is 35.0 Å². The number of hydrogen-bond acceptors (Lipinski definition) is 3. The Morgan fingerprint density at radius 3 is 1.89 bits per heavy atom. The minimum absolute atomic E-state index is 0.573. The van der Waals surface area contributed by atoms with Gasteiger partial charge < -0.3 is 4.74 Å². The summed E-state index contributed by atoms with van der Waals surface area (Å²) >= 11 is 0. The molecule has 0 unspecified atom stereocenters. The van der Waals surface area contributed by atoms with Crippen LogP contribution in [-0.4, -0.2) is 9.97 Å². The minimum Gasteiger partial charge on any atom is -0.421 e. The molecule has 2 aliphatic rings. The largest absolute Gasteiger partial charge is 0.421 e. The molecule has 0 atom stereocenters. The SMILES string of the molecule is c1ccc(-c2cc(C3CCCCC3)cc(Oc3cccc(-c4cccc(C5CCCCC5)c4)n3)n2)cc1. The number of aromatic nitrogens is 2. The number of pyridine rings is 2. The van der Waals surface area contributed by atoms with Crippen molar-refractivity contribution in [1.82, 2.24) is 9.97 Å². The second kappa shape index (κ2) is 11.3. The average molecular weight is 489 g/mol. The maximum absolute atomic E-state index is 6.36. The Bertz CT molecular complexity index is 1320. The molecule has 188 valence electrons. The Kier molecular flexibility index (Phi) is 7.30. The number of hydrogen-bond donors (Lipinski definition) is 0. The van der Waals surface area contributed by atoms with Crippen LogP contribution in [0.4, 0.5) is 0 Å². The minimum atomic E-state index is 0.573. The molecule has 2 saturated carbocycles. The lowest BCUT2D eigenvalue weighted by Crippen LogP contribution is -2.06. The van der Waals surface area contributed by atoms with Gasteiger partial charge in [-0.1, -0.05) is 93.1 Å². The van der Waals surface area contributed by atoms with Gasteiger partial charge in [0.15, 0.2) is 0 Å². The highest BCUT2D eigenvalue weighted by atomic mass is 16.5. The first kappa shape index (κ1) is 23.9. The smallest absolute Gasteiger partial charge is 0.222 e. The number of nitrogens with zero attached hydrogens (tertiary/aromatic N) is 2. The van der Waals surface area contributed by atoms with Gasteiger partial charge in [-0.3, -0.25) is 0 Å². The van der Waals surface area contributed by atoms with Crippen molar-refractivity contribution in [2.75, 3.05) is 0 Å². The first-order valence-corrected chi connectivity index (χ1v) is 14.1. The van der Waals surface area contributed by atoms with Crippen LogP contribution in [0.25, 0.3) is 22.5 Å². The van der Waals surface area contributed by atoms with Crippen molar-refractivity contribution in [3.8, 4) is 34.3 Å². The highest BCUT2D eigenvalue weighted by Gasteiger charge is 2.19. The summed E-state index contributed by atoms with van der Waals surface area (Å²) in [6.45, 7) is 0. The standard InChI is InChI=1S/C34H36N2O/c1-4-12-25(13-5-1)28-18-10-19-29(22-28)31-20-11-21-33(35-31)37-34-24-30(26-14-6-2-7-15-26)23-32(36-34)27-16-8-3-9-17-27/h3,8-11,16-26H,1-2,4-7,12-15H2. The van der Waals surface area contributed by atoms with E-state index >= 15 is 0 Å². The summed E-state index contributed by atoms with van der Waals surface area (Å²) in [5.41, 5.74) is 6.96. The lowest BCUT2D eigenvalue weighted by Gasteiger charge is -2.23. The van der Waals surface area contributed by atoms with E-state index in [1.165, 1.54) is 75.3 Å². The molecule has 3 heteroatoms.